The molecule has 0 fully saturated rings. The van der Waals surface area contributed by atoms with Crippen molar-refractivity contribution >= 4 is 5.70 Å². The Balaban J connectivity index is 2.11. The van der Waals surface area contributed by atoms with E-state index in [1.54, 1.807) is 18.0 Å². The fourth-order valence-electron chi connectivity index (χ4n) is 1.67. The van der Waals surface area contributed by atoms with Crippen LogP contribution >= 0.6 is 0 Å². The molecule has 0 amide bonds. The summed E-state index contributed by atoms with van der Waals surface area (Å²) in [6, 6.07) is 9.67. The maximum atomic E-state index is 8.54. The van der Waals surface area contributed by atoms with E-state index in [1.807, 2.05) is 36.5 Å². The van der Waals surface area contributed by atoms with Gasteiger partial charge in [-0.15, -0.1) is 0 Å². The van der Waals surface area contributed by atoms with Crippen LogP contribution in [0.3, 0.4) is 0 Å². The molecule has 0 spiro atoms. The SMILES string of the molecule is COc1ccc(Cn2cc(/C(N)=C\C#N)cn2)cc1. The van der Waals surface area contributed by atoms with Crippen LogP contribution in [-0.4, -0.2) is 16.9 Å². The largest absolute Gasteiger partial charge is 0.497 e. The average molecular weight is 254 g/mol. The van der Waals surface area contributed by atoms with Gasteiger partial charge in [0.25, 0.3) is 0 Å². The van der Waals surface area contributed by atoms with Gasteiger partial charge < -0.3 is 10.5 Å². The van der Waals surface area contributed by atoms with E-state index in [2.05, 4.69) is 5.10 Å². The molecular weight excluding hydrogens is 240 g/mol. The number of nitriles is 1. The van der Waals surface area contributed by atoms with E-state index < -0.39 is 0 Å². The van der Waals surface area contributed by atoms with Gasteiger partial charge in [0.15, 0.2) is 0 Å². The molecule has 2 N–H and O–H groups in total. The van der Waals surface area contributed by atoms with Crippen molar-refractivity contribution < 1.29 is 4.74 Å². The number of aromatic nitrogens is 2. The van der Waals surface area contributed by atoms with Crippen molar-refractivity contribution in [1.82, 2.24) is 9.78 Å². The van der Waals surface area contributed by atoms with Crippen molar-refractivity contribution in [2.24, 2.45) is 5.73 Å². The topological polar surface area (TPSA) is 76.9 Å². The van der Waals surface area contributed by atoms with E-state index in [0.717, 1.165) is 16.9 Å². The van der Waals surface area contributed by atoms with Crippen LogP contribution < -0.4 is 10.5 Å². The van der Waals surface area contributed by atoms with Crippen molar-refractivity contribution in [3.05, 3.63) is 53.9 Å². The predicted molar refractivity (Wildman–Crippen MR) is 72.1 cm³/mol. The number of hydrogen-bond donors (Lipinski definition) is 1. The number of ether oxygens (including phenoxy) is 1. The Morgan fingerprint density at radius 2 is 2.21 bits per heavy atom. The Labute approximate surface area is 111 Å². The van der Waals surface area contributed by atoms with Crippen LogP contribution in [0.2, 0.25) is 0 Å². The minimum atomic E-state index is 0.420. The molecule has 96 valence electrons. The number of nitrogens with two attached hydrogens (primary N) is 1. The Kier molecular flexibility index (Phi) is 3.84. The van der Waals surface area contributed by atoms with E-state index in [1.165, 1.54) is 6.08 Å². The van der Waals surface area contributed by atoms with Crippen LogP contribution in [0.15, 0.2) is 42.7 Å². The van der Waals surface area contributed by atoms with Gasteiger partial charge in [-0.05, 0) is 17.7 Å². The summed E-state index contributed by atoms with van der Waals surface area (Å²) in [6.45, 7) is 0.643. The summed E-state index contributed by atoms with van der Waals surface area (Å²) < 4.78 is 6.88. The van der Waals surface area contributed by atoms with Crippen LogP contribution in [0.25, 0.3) is 5.70 Å². The maximum absolute atomic E-state index is 8.54. The lowest BCUT2D eigenvalue weighted by Gasteiger charge is -2.03. The van der Waals surface area contributed by atoms with E-state index in [0.29, 0.717) is 12.2 Å². The Morgan fingerprint density at radius 3 is 2.84 bits per heavy atom. The minimum absolute atomic E-state index is 0.420. The second kappa shape index (κ2) is 5.74. The number of rotatable bonds is 4. The Morgan fingerprint density at radius 1 is 1.47 bits per heavy atom. The van der Waals surface area contributed by atoms with Crippen LogP contribution in [-0.2, 0) is 6.54 Å². The zero-order valence-electron chi connectivity index (χ0n) is 10.6. The summed E-state index contributed by atoms with van der Waals surface area (Å²) in [6.07, 6.45) is 4.76. The molecule has 0 aliphatic carbocycles. The Hall–Kier alpha value is -2.74. The zero-order valence-corrected chi connectivity index (χ0v) is 10.6. The van der Waals surface area contributed by atoms with Crippen molar-refractivity contribution in [3.8, 4) is 11.8 Å². The molecule has 0 aliphatic rings. The molecule has 2 rings (SSSR count). The molecule has 19 heavy (non-hydrogen) atoms. The van der Waals surface area contributed by atoms with Crippen LogP contribution in [0.4, 0.5) is 0 Å². The number of nitrogens with zero attached hydrogens (tertiary/aromatic N) is 3. The molecular formula is C14H14N4O. The summed E-state index contributed by atoms with van der Waals surface area (Å²) in [4.78, 5) is 0. The third-order valence-electron chi connectivity index (χ3n) is 2.69. The first-order valence-corrected chi connectivity index (χ1v) is 5.74. The Bertz CT molecular complexity index is 620. The van der Waals surface area contributed by atoms with Gasteiger partial charge >= 0.3 is 0 Å². The van der Waals surface area contributed by atoms with Gasteiger partial charge in [-0.25, -0.2) is 0 Å². The van der Waals surface area contributed by atoms with Crippen molar-refractivity contribution in [2.45, 2.75) is 6.54 Å². The highest BCUT2D eigenvalue weighted by Crippen LogP contribution is 2.13. The van der Waals surface area contributed by atoms with E-state index >= 15 is 0 Å². The number of benzene rings is 1. The first-order valence-electron chi connectivity index (χ1n) is 5.74. The third-order valence-corrected chi connectivity index (χ3v) is 2.69. The lowest BCUT2D eigenvalue weighted by Crippen LogP contribution is -2.00. The fraction of sp³-hybridized carbons (Fsp3) is 0.143. The predicted octanol–water partition coefficient (Wildman–Crippen LogP) is 1.76. The molecule has 5 nitrogen and oxygen atoms in total. The smallest absolute Gasteiger partial charge is 0.118 e. The molecule has 2 aromatic rings. The molecule has 0 saturated carbocycles. The third kappa shape index (κ3) is 3.13. The second-order valence-corrected chi connectivity index (χ2v) is 4.00. The molecule has 0 aliphatic heterocycles. The lowest BCUT2D eigenvalue weighted by atomic mass is 10.2. The molecule has 1 aromatic carbocycles. The van der Waals surface area contributed by atoms with Crippen molar-refractivity contribution in [2.75, 3.05) is 7.11 Å². The number of allylic oxidation sites excluding steroid dienone is 1. The molecule has 0 radical (unpaired) electrons. The van der Waals surface area contributed by atoms with Gasteiger partial charge in [0, 0.05) is 17.8 Å². The van der Waals surface area contributed by atoms with Crippen LogP contribution in [0.1, 0.15) is 11.1 Å². The summed E-state index contributed by atoms with van der Waals surface area (Å²) in [5.41, 5.74) is 7.99. The quantitative estimate of drug-likeness (QED) is 0.843. The van der Waals surface area contributed by atoms with E-state index in [-0.39, 0.29) is 0 Å². The molecule has 0 unspecified atom stereocenters. The maximum Gasteiger partial charge on any atom is 0.118 e. The average Bonchev–Trinajstić information content (AvgIpc) is 2.88. The first-order chi connectivity index (χ1) is 9.22. The molecule has 0 atom stereocenters. The molecule has 1 aromatic heterocycles. The summed E-state index contributed by atoms with van der Waals surface area (Å²) in [5.74, 6) is 0.825. The molecule has 1 heterocycles. The van der Waals surface area contributed by atoms with Crippen LogP contribution in [0.5, 0.6) is 5.75 Å². The summed E-state index contributed by atoms with van der Waals surface area (Å²) in [7, 11) is 1.64. The van der Waals surface area contributed by atoms with E-state index in [9.17, 15) is 0 Å². The minimum Gasteiger partial charge on any atom is -0.497 e. The van der Waals surface area contributed by atoms with Gasteiger partial charge in [-0.1, -0.05) is 12.1 Å². The highest BCUT2D eigenvalue weighted by atomic mass is 16.5. The summed E-state index contributed by atoms with van der Waals surface area (Å²) in [5, 5.41) is 12.8. The lowest BCUT2D eigenvalue weighted by molar-refractivity contribution is 0.414. The van der Waals surface area contributed by atoms with Gasteiger partial charge in [-0.3, -0.25) is 4.68 Å². The summed E-state index contributed by atoms with van der Waals surface area (Å²) >= 11 is 0. The van der Waals surface area contributed by atoms with E-state index in [4.69, 9.17) is 15.7 Å². The van der Waals surface area contributed by atoms with Gasteiger partial charge in [0.2, 0.25) is 0 Å². The monoisotopic (exact) mass is 254 g/mol. The molecule has 5 heteroatoms. The van der Waals surface area contributed by atoms with Gasteiger partial charge in [-0.2, -0.15) is 10.4 Å². The highest BCUT2D eigenvalue weighted by Gasteiger charge is 2.02. The normalized spacial score (nSPS) is 11.1. The number of hydrogen-bond acceptors (Lipinski definition) is 4. The first kappa shape index (κ1) is 12.7. The van der Waals surface area contributed by atoms with Crippen molar-refractivity contribution in [3.63, 3.8) is 0 Å². The molecule has 0 saturated heterocycles. The van der Waals surface area contributed by atoms with Crippen molar-refractivity contribution in [1.29, 1.82) is 5.26 Å². The van der Waals surface area contributed by atoms with Gasteiger partial charge in [0.1, 0.15) is 5.75 Å². The zero-order chi connectivity index (χ0) is 13.7. The second-order valence-electron chi connectivity index (χ2n) is 4.00. The highest BCUT2D eigenvalue weighted by molar-refractivity contribution is 5.63. The number of methoxy groups -OCH3 is 1. The van der Waals surface area contributed by atoms with Crippen LogP contribution in [0, 0.1) is 11.3 Å². The van der Waals surface area contributed by atoms with Gasteiger partial charge in [0.05, 0.1) is 31.6 Å². The standard InChI is InChI=1S/C14H14N4O/c1-19-13-4-2-11(3-5-13)9-18-10-12(8-17-18)14(16)6-7-15/h2-6,8,10H,9,16H2,1H3/b14-6+. The molecule has 0 bridgehead atoms. The fourth-order valence-corrected chi connectivity index (χ4v) is 1.67.